The molecule has 0 radical (unpaired) electrons. The lowest BCUT2D eigenvalue weighted by atomic mass is 10.2. The van der Waals surface area contributed by atoms with Crippen LogP contribution < -0.4 is 10.6 Å². The van der Waals surface area contributed by atoms with Crippen LogP contribution in [0.15, 0.2) is 22.7 Å². The van der Waals surface area contributed by atoms with Crippen LogP contribution in [-0.4, -0.2) is 25.0 Å². The Morgan fingerprint density at radius 3 is 2.82 bits per heavy atom. The summed E-state index contributed by atoms with van der Waals surface area (Å²) in [6, 6.07) is 6.20. The van der Waals surface area contributed by atoms with Crippen LogP contribution in [0.5, 0.6) is 0 Å². The zero-order chi connectivity index (χ0) is 12.0. The molecule has 1 heterocycles. The van der Waals surface area contributed by atoms with Crippen molar-refractivity contribution >= 4 is 44.4 Å². The van der Waals surface area contributed by atoms with Gasteiger partial charge in [-0.3, -0.25) is 4.79 Å². The molecule has 1 aromatic carbocycles. The Morgan fingerprint density at radius 2 is 2.12 bits per heavy atom. The minimum Gasteiger partial charge on any atom is -0.349 e. The van der Waals surface area contributed by atoms with Gasteiger partial charge in [0.15, 0.2) is 0 Å². The van der Waals surface area contributed by atoms with E-state index < -0.39 is 0 Å². The van der Waals surface area contributed by atoms with Gasteiger partial charge in [-0.15, -0.1) is 0 Å². The summed E-state index contributed by atoms with van der Waals surface area (Å²) in [5, 5.41) is 6.45. The second-order valence-electron chi connectivity index (χ2n) is 4.61. The molecule has 0 bridgehead atoms. The molecule has 90 valence electrons. The summed E-state index contributed by atoms with van der Waals surface area (Å²) < 4.78 is 1.94. The summed E-state index contributed by atoms with van der Waals surface area (Å²) in [6.07, 6.45) is 0. The van der Waals surface area contributed by atoms with E-state index in [2.05, 4.69) is 49.2 Å². The molecule has 17 heavy (non-hydrogen) atoms. The van der Waals surface area contributed by atoms with Gasteiger partial charge in [-0.2, -0.15) is 0 Å². The zero-order valence-electron chi connectivity index (χ0n) is 9.04. The zero-order valence-corrected chi connectivity index (χ0v) is 12.8. The number of carbonyl (C=O) groups is 1. The molecule has 1 saturated carbocycles. The molecule has 1 amide bonds. The predicted octanol–water partition coefficient (Wildman–Crippen LogP) is 2.00. The highest BCUT2D eigenvalue weighted by molar-refractivity contribution is 14.1. The normalized spacial score (nSPS) is 29.9. The molecule has 2 fully saturated rings. The van der Waals surface area contributed by atoms with Crippen LogP contribution in [-0.2, 0) is 0 Å². The predicted molar refractivity (Wildman–Crippen MR) is 78.0 cm³/mol. The van der Waals surface area contributed by atoms with Crippen molar-refractivity contribution in [2.45, 2.75) is 6.04 Å². The summed E-state index contributed by atoms with van der Waals surface area (Å²) in [6.45, 7) is 2.09. The maximum Gasteiger partial charge on any atom is 0.252 e. The van der Waals surface area contributed by atoms with E-state index in [9.17, 15) is 4.79 Å². The number of halogens is 2. The minimum absolute atomic E-state index is 0.0368. The van der Waals surface area contributed by atoms with Gasteiger partial charge in [0, 0.05) is 27.2 Å². The van der Waals surface area contributed by atoms with Gasteiger partial charge in [0.25, 0.3) is 5.91 Å². The molecular formula is C12H12BrIN2O. The van der Waals surface area contributed by atoms with Crippen molar-refractivity contribution in [3.8, 4) is 0 Å². The average molecular weight is 407 g/mol. The molecule has 2 aliphatic rings. The molecule has 0 spiro atoms. The first-order valence-corrected chi connectivity index (χ1v) is 7.50. The number of hydrogen-bond donors (Lipinski definition) is 2. The first kappa shape index (κ1) is 11.9. The number of benzene rings is 1. The van der Waals surface area contributed by atoms with Crippen molar-refractivity contribution in [2.75, 3.05) is 13.1 Å². The van der Waals surface area contributed by atoms with Crippen LogP contribution in [0.1, 0.15) is 10.4 Å². The average Bonchev–Trinajstić information content (AvgIpc) is 2.76. The second kappa shape index (κ2) is 4.51. The van der Waals surface area contributed by atoms with Crippen molar-refractivity contribution < 1.29 is 4.79 Å². The molecule has 1 aliphatic carbocycles. The van der Waals surface area contributed by atoms with Gasteiger partial charge in [0.05, 0.1) is 5.56 Å². The molecule has 1 aromatic rings. The number of nitrogens with one attached hydrogen (secondary N) is 2. The van der Waals surface area contributed by atoms with Crippen molar-refractivity contribution in [1.82, 2.24) is 10.6 Å². The van der Waals surface area contributed by atoms with Crippen molar-refractivity contribution in [3.05, 3.63) is 31.8 Å². The summed E-state index contributed by atoms with van der Waals surface area (Å²) in [5.74, 6) is 1.34. The van der Waals surface area contributed by atoms with E-state index >= 15 is 0 Å². The lowest BCUT2D eigenvalue weighted by molar-refractivity contribution is 0.0945. The summed E-state index contributed by atoms with van der Waals surface area (Å²) in [7, 11) is 0. The standard InChI is InChI=1S/C12H12BrIN2O/c13-10-2-1-6(14)3-7(10)12(17)16-11-8-4-15-5-9(8)11/h1-3,8-9,11,15H,4-5H2,(H,16,17). The van der Waals surface area contributed by atoms with Crippen LogP contribution in [0.2, 0.25) is 0 Å². The molecule has 2 N–H and O–H groups in total. The number of carbonyl (C=O) groups excluding carboxylic acids is 1. The second-order valence-corrected chi connectivity index (χ2v) is 6.71. The van der Waals surface area contributed by atoms with Crippen LogP contribution in [0.4, 0.5) is 0 Å². The van der Waals surface area contributed by atoms with E-state index in [0.717, 1.165) is 26.7 Å². The van der Waals surface area contributed by atoms with E-state index in [1.807, 2.05) is 18.2 Å². The maximum atomic E-state index is 12.1. The Balaban J connectivity index is 1.72. The van der Waals surface area contributed by atoms with Gasteiger partial charge in [-0.25, -0.2) is 0 Å². The van der Waals surface area contributed by atoms with E-state index in [1.54, 1.807) is 0 Å². The Morgan fingerprint density at radius 1 is 1.41 bits per heavy atom. The molecule has 3 nitrogen and oxygen atoms in total. The Labute approximate surface area is 122 Å². The quantitative estimate of drug-likeness (QED) is 0.737. The monoisotopic (exact) mass is 406 g/mol. The number of piperidine rings is 1. The Bertz CT molecular complexity index is 470. The topological polar surface area (TPSA) is 41.1 Å². The molecule has 1 aliphatic heterocycles. The first-order chi connectivity index (χ1) is 8.16. The molecule has 2 atom stereocenters. The fourth-order valence-corrected chi connectivity index (χ4v) is 3.45. The summed E-state index contributed by atoms with van der Waals surface area (Å²) in [5.41, 5.74) is 0.731. The van der Waals surface area contributed by atoms with Gasteiger partial charge in [-0.1, -0.05) is 0 Å². The number of hydrogen-bond acceptors (Lipinski definition) is 2. The third-order valence-electron chi connectivity index (χ3n) is 3.56. The maximum absolute atomic E-state index is 12.1. The van der Waals surface area contributed by atoms with Gasteiger partial charge >= 0.3 is 0 Å². The van der Waals surface area contributed by atoms with Gasteiger partial charge < -0.3 is 10.6 Å². The summed E-state index contributed by atoms with van der Waals surface area (Å²) in [4.78, 5) is 12.1. The van der Waals surface area contributed by atoms with Crippen LogP contribution in [0, 0.1) is 15.4 Å². The molecular weight excluding hydrogens is 395 g/mol. The first-order valence-electron chi connectivity index (χ1n) is 5.63. The van der Waals surface area contributed by atoms with E-state index in [1.165, 1.54) is 0 Å². The van der Waals surface area contributed by atoms with Crippen molar-refractivity contribution in [2.24, 2.45) is 11.8 Å². The highest BCUT2D eigenvalue weighted by Crippen LogP contribution is 2.41. The van der Waals surface area contributed by atoms with Gasteiger partial charge in [0.2, 0.25) is 0 Å². The lowest BCUT2D eigenvalue weighted by Gasteiger charge is -2.09. The van der Waals surface area contributed by atoms with Crippen molar-refractivity contribution in [3.63, 3.8) is 0 Å². The van der Waals surface area contributed by atoms with Gasteiger partial charge in [-0.05, 0) is 68.6 Å². The highest BCUT2D eigenvalue weighted by Gasteiger charge is 2.53. The van der Waals surface area contributed by atoms with E-state index in [-0.39, 0.29) is 5.91 Å². The largest absolute Gasteiger partial charge is 0.349 e. The van der Waals surface area contributed by atoms with Crippen LogP contribution in [0.25, 0.3) is 0 Å². The lowest BCUT2D eigenvalue weighted by Crippen LogP contribution is -2.32. The minimum atomic E-state index is 0.0368. The fraction of sp³-hybridized carbons (Fsp3) is 0.417. The fourth-order valence-electron chi connectivity index (χ4n) is 2.53. The molecule has 2 unspecified atom stereocenters. The number of fused-ring (bicyclic) bond motifs is 1. The molecule has 1 saturated heterocycles. The third-order valence-corrected chi connectivity index (χ3v) is 4.92. The van der Waals surface area contributed by atoms with E-state index in [0.29, 0.717) is 17.9 Å². The third kappa shape index (κ3) is 2.24. The Hall–Kier alpha value is -0.140. The van der Waals surface area contributed by atoms with Crippen LogP contribution >= 0.6 is 38.5 Å². The number of rotatable bonds is 2. The van der Waals surface area contributed by atoms with Crippen LogP contribution in [0.3, 0.4) is 0 Å². The van der Waals surface area contributed by atoms with Gasteiger partial charge in [0.1, 0.15) is 0 Å². The molecule has 5 heteroatoms. The highest BCUT2D eigenvalue weighted by atomic mass is 127. The SMILES string of the molecule is O=C(NC1C2CNCC21)c1cc(I)ccc1Br. The van der Waals surface area contributed by atoms with E-state index in [4.69, 9.17) is 0 Å². The molecule has 3 rings (SSSR count). The smallest absolute Gasteiger partial charge is 0.252 e. The number of amides is 1. The molecule has 0 aromatic heterocycles. The van der Waals surface area contributed by atoms with Crippen molar-refractivity contribution in [1.29, 1.82) is 0 Å². The Kier molecular flexibility index (Phi) is 3.16. The summed E-state index contributed by atoms with van der Waals surface area (Å²) >= 11 is 5.65.